The molecule has 0 N–H and O–H groups in total. The molecule has 0 aliphatic carbocycles. The number of benzene rings is 7. The summed E-state index contributed by atoms with van der Waals surface area (Å²) in [6, 6.07) is 67.0. The van der Waals surface area contributed by atoms with Crippen LogP contribution in [-0.4, -0.2) is 8.07 Å². The van der Waals surface area contributed by atoms with Crippen molar-refractivity contribution in [1.82, 2.24) is 0 Å². The lowest BCUT2D eigenvalue weighted by molar-refractivity contribution is 0.669. The van der Waals surface area contributed by atoms with Crippen LogP contribution in [0, 0.1) is 0 Å². The Morgan fingerprint density at radius 3 is 1.32 bits per heavy atom. The lowest BCUT2D eigenvalue weighted by Gasteiger charge is -2.30. The summed E-state index contributed by atoms with van der Waals surface area (Å²) in [7, 11) is -2.51. The normalized spacial score (nSPS) is 11.7. The van der Waals surface area contributed by atoms with Crippen LogP contribution in [0.1, 0.15) is 5.56 Å². The number of furan rings is 1. The zero-order chi connectivity index (χ0) is 31.5. The lowest BCUT2D eigenvalue weighted by Crippen LogP contribution is -2.66. The van der Waals surface area contributed by atoms with Crippen molar-refractivity contribution < 1.29 is 4.42 Å². The standard InChI is InChI=1S/C44H33NOSi/c1-6-16-35(17-7-1)45(36-18-8-2-9-19-36)37-27-29-42-41-28-26-34(32-43(41)46-44(42)33-37)30-31-47(38-20-10-3-11-21-38,39-22-12-4-13-23-39)40-24-14-5-15-25-40/h1-33H. The van der Waals surface area contributed by atoms with E-state index in [0.29, 0.717) is 0 Å². The van der Waals surface area contributed by atoms with Gasteiger partial charge in [0.15, 0.2) is 8.07 Å². The molecular formula is C44H33NOSi. The Kier molecular flexibility index (Phi) is 7.58. The molecule has 0 aliphatic rings. The highest BCUT2D eigenvalue weighted by molar-refractivity contribution is 7.15. The van der Waals surface area contributed by atoms with E-state index in [2.05, 4.69) is 193 Å². The maximum absolute atomic E-state index is 6.59. The van der Waals surface area contributed by atoms with E-state index in [-0.39, 0.29) is 0 Å². The van der Waals surface area contributed by atoms with Gasteiger partial charge in [-0.1, -0.05) is 145 Å². The minimum absolute atomic E-state index is 0.872. The van der Waals surface area contributed by atoms with Crippen molar-refractivity contribution >= 4 is 68.7 Å². The Morgan fingerprint density at radius 1 is 0.404 bits per heavy atom. The number of para-hydroxylation sites is 2. The second kappa shape index (κ2) is 12.5. The highest BCUT2D eigenvalue weighted by Crippen LogP contribution is 2.38. The number of nitrogens with zero attached hydrogens (tertiary/aromatic N) is 1. The minimum Gasteiger partial charge on any atom is -0.456 e. The summed E-state index contributed by atoms with van der Waals surface area (Å²) in [5.41, 5.74) is 8.61. The van der Waals surface area contributed by atoms with Crippen LogP contribution in [-0.2, 0) is 0 Å². The molecule has 8 rings (SSSR count). The van der Waals surface area contributed by atoms with E-state index in [4.69, 9.17) is 4.42 Å². The van der Waals surface area contributed by atoms with E-state index < -0.39 is 8.07 Å². The van der Waals surface area contributed by atoms with Crippen LogP contribution in [0.15, 0.2) is 198 Å². The topological polar surface area (TPSA) is 16.4 Å². The van der Waals surface area contributed by atoms with Crippen molar-refractivity contribution in [2.24, 2.45) is 0 Å². The minimum atomic E-state index is -2.51. The quantitative estimate of drug-likeness (QED) is 0.124. The molecule has 0 saturated heterocycles. The molecule has 47 heavy (non-hydrogen) atoms. The second-order valence-corrected chi connectivity index (χ2v) is 15.5. The van der Waals surface area contributed by atoms with Gasteiger partial charge in [-0.3, -0.25) is 0 Å². The molecule has 0 spiro atoms. The van der Waals surface area contributed by atoms with Gasteiger partial charge in [-0.25, -0.2) is 0 Å². The summed E-state index contributed by atoms with van der Waals surface area (Å²) in [6.45, 7) is 0. The van der Waals surface area contributed by atoms with Crippen LogP contribution in [0.25, 0.3) is 28.0 Å². The van der Waals surface area contributed by atoms with E-state index in [0.717, 1.165) is 44.6 Å². The molecule has 7 aromatic carbocycles. The molecule has 224 valence electrons. The average Bonchev–Trinajstić information content (AvgIpc) is 3.51. The molecule has 3 heteroatoms. The first kappa shape index (κ1) is 28.6. The Labute approximate surface area is 276 Å². The first-order valence-corrected chi connectivity index (χ1v) is 18.1. The molecule has 2 nitrogen and oxygen atoms in total. The van der Waals surface area contributed by atoms with Crippen LogP contribution in [0.5, 0.6) is 0 Å². The van der Waals surface area contributed by atoms with Crippen LogP contribution < -0.4 is 20.5 Å². The fraction of sp³-hybridized carbons (Fsp3) is 0. The highest BCUT2D eigenvalue weighted by atomic mass is 28.3. The third kappa shape index (κ3) is 5.37. The average molecular weight is 620 g/mol. The van der Waals surface area contributed by atoms with Gasteiger partial charge in [-0.15, -0.1) is 0 Å². The van der Waals surface area contributed by atoms with Gasteiger partial charge in [0.1, 0.15) is 11.2 Å². The van der Waals surface area contributed by atoms with Gasteiger partial charge in [-0.2, -0.15) is 0 Å². The Hall–Kier alpha value is -5.90. The molecule has 0 unspecified atom stereocenters. The van der Waals surface area contributed by atoms with Gasteiger partial charge in [0.2, 0.25) is 0 Å². The van der Waals surface area contributed by atoms with Crippen molar-refractivity contribution in [1.29, 1.82) is 0 Å². The van der Waals surface area contributed by atoms with Crippen molar-refractivity contribution in [3.8, 4) is 0 Å². The van der Waals surface area contributed by atoms with Gasteiger partial charge in [-0.05, 0) is 69.7 Å². The van der Waals surface area contributed by atoms with Gasteiger partial charge in [0, 0.05) is 33.9 Å². The van der Waals surface area contributed by atoms with Crippen molar-refractivity contribution in [3.63, 3.8) is 0 Å². The van der Waals surface area contributed by atoms with Crippen LogP contribution >= 0.6 is 0 Å². The maximum atomic E-state index is 6.59. The maximum Gasteiger partial charge on any atom is 0.172 e. The summed E-state index contributed by atoms with van der Waals surface area (Å²) < 4.78 is 6.59. The molecule has 0 saturated carbocycles. The number of fused-ring (bicyclic) bond motifs is 3. The molecule has 0 radical (unpaired) electrons. The fourth-order valence-corrected chi connectivity index (χ4v) is 10.9. The first-order valence-electron chi connectivity index (χ1n) is 16.0. The molecule has 0 bridgehead atoms. The van der Waals surface area contributed by atoms with Crippen LogP contribution in [0.3, 0.4) is 0 Å². The molecular weight excluding hydrogens is 587 g/mol. The summed E-state index contributed by atoms with van der Waals surface area (Å²) in [5, 5.41) is 6.29. The first-order chi connectivity index (χ1) is 23.3. The zero-order valence-electron chi connectivity index (χ0n) is 25.9. The number of rotatable bonds is 8. The highest BCUT2D eigenvalue weighted by Gasteiger charge is 2.36. The largest absolute Gasteiger partial charge is 0.456 e. The SMILES string of the molecule is C(=C[Si](c1ccccc1)(c1ccccc1)c1ccccc1)c1ccc2c(c1)oc1cc(N(c3ccccc3)c3ccccc3)ccc12. The second-order valence-electron chi connectivity index (χ2n) is 11.8. The monoisotopic (exact) mass is 619 g/mol. The summed E-state index contributed by atoms with van der Waals surface area (Å²) in [4.78, 5) is 2.27. The predicted octanol–water partition coefficient (Wildman–Crippen LogP) is 9.78. The third-order valence-electron chi connectivity index (χ3n) is 8.98. The number of hydrogen-bond acceptors (Lipinski definition) is 2. The Bertz CT molecular complexity index is 2140. The zero-order valence-corrected chi connectivity index (χ0v) is 26.9. The third-order valence-corrected chi connectivity index (χ3v) is 13.4. The Balaban J connectivity index is 1.23. The van der Waals surface area contributed by atoms with Gasteiger partial charge < -0.3 is 9.32 Å². The molecule has 0 amide bonds. The van der Waals surface area contributed by atoms with E-state index in [1.165, 1.54) is 15.6 Å². The molecule has 0 atom stereocenters. The van der Waals surface area contributed by atoms with E-state index in [9.17, 15) is 0 Å². The van der Waals surface area contributed by atoms with Gasteiger partial charge in [0.05, 0.1) is 0 Å². The van der Waals surface area contributed by atoms with Gasteiger partial charge in [0.25, 0.3) is 0 Å². The van der Waals surface area contributed by atoms with Crippen LogP contribution in [0.2, 0.25) is 0 Å². The molecule has 1 aromatic heterocycles. The summed E-state index contributed by atoms with van der Waals surface area (Å²) in [5.74, 6) is 0. The Morgan fingerprint density at radius 2 is 0.830 bits per heavy atom. The molecule has 1 heterocycles. The van der Waals surface area contributed by atoms with Crippen molar-refractivity contribution in [3.05, 3.63) is 199 Å². The smallest absolute Gasteiger partial charge is 0.172 e. The molecule has 0 aliphatic heterocycles. The molecule has 0 fully saturated rings. The summed E-state index contributed by atoms with van der Waals surface area (Å²) >= 11 is 0. The predicted molar refractivity (Wildman–Crippen MR) is 201 cm³/mol. The molecule has 8 aromatic rings. The van der Waals surface area contributed by atoms with Crippen molar-refractivity contribution in [2.75, 3.05) is 4.90 Å². The van der Waals surface area contributed by atoms with E-state index in [1.807, 2.05) is 12.1 Å². The summed E-state index contributed by atoms with van der Waals surface area (Å²) in [6.07, 6.45) is 2.30. The van der Waals surface area contributed by atoms with Gasteiger partial charge >= 0.3 is 0 Å². The van der Waals surface area contributed by atoms with Crippen LogP contribution in [0.4, 0.5) is 17.1 Å². The van der Waals surface area contributed by atoms with Crippen molar-refractivity contribution in [2.45, 2.75) is 0 Å². The fourth-order valence-electron chi connectivity index (χ4n) is 6.74. The lowest BCUT2D eigenvalue weighted by atomic mass is 10.1. The van der Waals surface area contributed by atoms with E-state index >= 15 is 0 Å². The number of anilines is 3. The van der Waals surface area contributed by atoms with E-state index in [1.54, 1.807) is 0 Å². The number of hydrogen-bond donors (Lipinski definition) is 0.